The number of carbonyl (C=O) groups excluding carboxylic acids is 2. The first kappa shape index (κ1) is 18.2. The third kappa shape index (κ3) is 4.24. The summed E-state index contributed by atoms with van der Waals surface area (Å²) in [6.07, 6.45) is 3.26. The lowest BCUT2D eigenvalue weighted by molar-refractivity contribution is 0.0778. The highest BCUT2D eigenvalue weighted by Crippen LogP contribution is 2.18. The van der Waals surface area contributed by atoms with Crippen LogP contribution in [0.2, 0.25) is 5.02 Å². The van der Waals surface area contributed by atoms with Gasteiger partial charge in [-0.25, -0.2) is 9.97 Å². The quantitative estimate of drug-likeness (QED) is 0.651. The molecule has 0 unspecified atom stereocenters. The summed E-state index contributed by atoms with van der Waals surface area (Å²) >= 11 is 7.38. The number of amides is 2. The van der Waals surface area contributed by atoms with Crippen LogP contribution in [0.1, 0.15) is 26.4 Å². The maximum Gasteiger partial charge on any atom is 0.274 e. The van der Waals surface area contributed by atoms with Crippen molar-refractivity contribution in [3.63, 3.8) is 0 Å². The van der Waals surface area contributed by atoms with Crippen LogP contribution in [0, 0.1) is 0 Å². The van der Waals surface area contributed by atoms with Gasteiger partial charge in [-0.15, -0.1) is 0 Å². The third-order valence-corrected chi connectivity index (χ3v) is 4.16. The number of thioether (sulfide) groups is 1. The lowest BCUT2D eigenvalue weighted by Crippen LogP contribution is -2.27. The number of hydrogen-bond donors (Lipinski definition) is 1. The third-order valence-electron chi connectivity index (χ3n) is 3.32. The minimum atomic E-state index is -0.284. The van der Waals surface area contributed by atoms with Crippen molar-refractivity contribution in [2.45, 2.75) is 11.7 Å². The summed E-state index contributed by atoms with van der Waals surface area (Å²) in [5.74, 6) is -0.434. The molecule has 0 saturated carbocycles. The zero-order valence-electron chi connectivity index (χ0n) is 13.5. The van der Waals surface area contributed by atoms with Crippen LogP contribution in [0.3, 0.4) is 0 Å². The molecular weight excluding hydrogens is 348 g/mol. The molecule has 1 aromatic carbocycles. The van der Waals surface area contributed by atoms with Crippen molar-refractivity contribution < 1.29 is 9.59 Å². The van der Waals surface area contributed by atoms with Crippen molar-refractivity contribution in [1.82, 2.24) is 20.2 Å². The van der Waals surface area contributed by atoms with Crippen LogP contribution in [-0.2, 0) is 6.54 Å². The highest BCUT2D eigenvalue weighted by atomic mass is 35.5. The van der Waals surface area contributed by atoms with Crippen LogP contribution < -0.4 is 5.32 Å². The molecule has 0 aliphatic heterocycles. The van der Waals surface area contributed by atoms with Gasteiger partial charge in [-0.2, -0.15) is 0 Å². The predicted molar refractivity (Wildman–Crippen MR) is 94.5 cm³/mol. The molecule has 0 radical (unpaired) electrons. The van der Waals surface area contributed by atoms with Gasteiger partial charge < -0.3 is 10.2 Å². The maximum atomic E-state index is 12.5. The van der Waals surface area contributed by atoms with Gasteiger partial charge in [0, 0.05) is 26.2 Å². The average molecular weight is 365 g/mol. The molecule has 126 valence electrons. The van der Waals surface area contributed by atoms with E-state index in [4.69, 9.17) is 11.6 Å². The normalized spacial score (nSPS) is 10.3. The fourth-order valence-corrected chi connectivity index (χ4v) is 2.54. The summed E-state index contributed by atoms with van der Waals surface area (Å²) in [4.78, 5) is 33.8. The van der Waals surface area contributed by atoms with E-state index in [1.54, 1.807) is 26.2 Å². The molecule has 0 aliphatic carbocycles. The zero-order valence-corrected chi connectivity index (χ0v) is 15.1. The second-order valence-corrected chi connectivity index (χ2v) is 6.17. The Morgan fingerprint density at radius 2 is 1.96 bits per heavy atom. The molecule has 6 nitrogen and oxygen atoms in total. The molecule has 1 N–H and O–H groups in total. The Morgan fingerprint density at radius 3 is 2.54 bits per heavy atom. The Labute approximate surface area is 149 Å². The number of nitrogens with zero attached hydrogens (tertiary/aromatic N) is 3. The van der Waals surface area contributed by atoms with Crippen molar-refractivity contribution in [3.05, 3.63) is 52.3 Å². The fourth-order valence-electron chi connectivity index (χ4n) is 2.03. The van der Waals surface area contributed by atoms with Crippen molar-refractivity contribution in [2.24, 2.45) is 0 Å². The lowest BCUT2D eigenvalue weighted by Gasteiger charge is -2.17. The van der Waals surface area contributed by atoms with Gasteiger partial charge in [0.05, 0.1) is 11.2 Å². The maximum absolute atomic E-state index is 12.5. The molecule has 2 aromatic rings. The van der Waals surface area contributed by atoms with Gasteiger partial charge in [0.1, 0.15) is 0 Å². The molecule has 0 spiro atoms. The van der Waals surface area contributed by atoms with E-state index in [9.17, 15) is 9.59 Å². The number of benzene rings is 1. The molecule has 0 fully saturated rings. The van der Waals surface area contributed by atoms with E-state index >= 15 is 0 Å². The first-order valence-corrected chi connectivity index (χ1v) is 8.69. The molecule has 0 bridgehead atoms. The summed E-state index contributed by atoms with van der Waals surface area (Å²) in [5, 5.41) is 3.28. The van der Waals surface area contributed by atoms with Gasteiger partial charge >= 0.3 is 0 Å². The number of aromatic nitrogens is 2. The van der Waals surface area contributed by atoms with Gasteiger partial charge in [0.2, 0.25) is 0 Å². The van der Waals surface area contributed by atoms with Crippen molar-refractivity contribution in [2.75, 3.05) is 20.4 Å². The number of nitrogens with one attached hydrogen (secondary N) is 1. The van der Waals surface area contributed by atoms with Crippen LogP contribution >= 0.6 is 23.4 Å². The molecular formula is C16H17ClN4O2S. The number of rotatable bonds is 5. The summed E-state index contributed by atoms with van der Waals surface area (Å²) in [6.45, 7) is 0.377. The van der Waals surface area contributed by atoms with E-state index in [-0.39, 0.29) is 22.5 Å². The Bertz CT molecular complexity index is 752. The van der Waals surface area contributed by atoms with Gasteiger partial charge in [0.15, 0.2) is 10.9 Å². The molecule has 0 saturated heterocycles. The van der Waals surface area contributed by atoms with Crippen molar-refractivity contribution in [1.29, 1.82) is 0 Å². The number of halogens is 1. The van der Waals surface area contributed by atoms with Crippen LogP contribution in [0.25, 0.3) is 0 Å². The van der Waals surface area contributed by atoms with Crippen molar-refractivity contribution in [3.8, 4) is 0 Å². The summed E-state index contributed by atoms with van der Waals surface area (Å²) in [6, 6.07) is 7.05. The van der Waals surface area contributed by atoms with E-state index < -0.39 is 0 Å². The largest absolute Gasteiger partial charge is 0.355 e. The summed E-state index contributed by atoms with van der Waals surface area (Å²) in [5.41, 5.74) is 1.65. The highest BCUT2D eigenvalue weighted by molar-refractivity contribution is 7.98. The smallest absolute Gasteiger partial charge is 0.274 e. The molecule has 2 amide bonds. The van der Waals surface area contributed by atoms with Gasteiger partial charge in [-0.1, -0.05) is 35.5 Å². The van der Waals surface area contributed by atoms with E-state index in [2.05, 4.69) is 15.3 Å². The van der Waals surface area contributed by atoms with Gasteiger partial charge in [-0.05, 0) is 24.0 Å². The monoisotopic (exact) mass is 364 g/mol. The standard InChI is InChI=1S/C16H17ClN4O2S/c1-18-14(22)11-6-4-10(5-7-11)9-21(2)15(23)13-12(17)8-19-16(20-13)24-3/h4-8H,9H2,1-3H3,(H,18,22). The van der Waals surface area contributed by atoms with E-state index in [1.165, 1.54) is 22.9 Å². The van der Waals surface area contributed by atoms with E-state index in [1.807, 2.05) is 18.4 Å². The second kappa shape index (κ2) is 8.12. The SMILES string of the molecule is CNC(=O)c1ccc(CN(C)C(=O)c2nc(SC)ncc2Cl)cc1. The predicted octanol–water partition coefficient (Wildman–Crippen LogP) is 2.48. The fraction of sp³-hybridized carbons (Fsp3) is 0.250. The van der Waals surface area contributed by atoms with E-state index in [0.29, 0.717) is 17.3 Å². The second-order valence-electron chi connectivity index (χ2n) is 4.99. The average Bonchev–Trinajstić information content (AvgIpc) is 2.61. The number of hydrogen-bond acceptors (Lipinski definition) is 5. The Kier molecular flexibility index (Phi) is 6.16. The minimum Gasteiger partial charge on any atom is -0.355 e. The molecule has 8 heteroatoms. The van der Waals surface area contributed by atoms with Crippen LogP contribution in [0.5, 0.6) is 0 Å². The molecule has 2 rings (SSSR count). The minimum absolute atomic E-state index is 0.150. The number of carbonyl (C=O) groups is 2. The van der Waals surface area contributed by atoms with Crippen molar-refractivity contribution >= 4 is 35.2 Å². The van der Waals surface area contributed by atoms with E-state index in [0.717, 1.165) is 5.56 Å². The Balaban J connectivity index is 2.13. The molecule has 24 heavy (non-hydrogen) atoms. The van der Waals surface area contributed by atoms with Crippen LogP contribution in [0.4, 0.5) is 0 Å². The Hall–Kier alpha value is -2.12. The summed E-state index contributed by atoms with van der Waals surface area (Å²) < 4.78 is 0. The first-order chi connectivity index (χ1) is 11.5. The van der Waals surface area contributed by atoms with Crippen LogP contribution in [-0.4, -0.2) is 47.0 Å². The molecule has 1 aromatic heterocycles. The summed E-state index contributed by atoms with van der Waals surface area (Å²) in [7, 11) is 3.25. The molecule has 0 atom stereocenters. The molecule has 0 aliphatic rings. The topological polar surface area (TPSA) is 75.2 Å². The molecule has 1 heterocycles. The lowest BCUT2D eigenvalue weighted by atomic mass is 10.1. The van der Waals surface area contributed by atoms with Gasteiger partial charge in [-0.3, -0.25) is 9.59 Å². The zero-order chi connectivity index (χ0) is 17.7. The van der Waals surface area contributed by atoms with Gasteiger partial charge in [0.25, 0.3) is 11.8 Å². The Morgan fingerprint density at radius 1 is 1.29 bits per heavy atom. The first-order valence-electron chi connectivity index (χ1n) is 7.09. The van der Waals surface area contributed by atoms with Crippen LogP contribution in [0.15, 0.2) is 35.6 Å². The highest BCUT2D eigenvalue weighted by Gasteiger charge is 2.18.